The number of carbonyl (C=O) groups is 2. The minimum absolute atomic E-state index is 0.0517. The van der Waals surface area contributed by atoms with Gasteiger partial charge in [-0.05, 0) is 36.4 Å². The Hall–Kier alpha value is -2.48. The molecule has 2 aromatic rings. The van der Waals surface area contributed by atoms with Gasteiger partial charge in [0.05, 0.1) is 6.54 Å². The Balaban J connectivity index is 1.34. The van der Waals surface area contributed by atoms with E-state index in [1.807, 2.05) is 0 Å². The van der Waals surface area contributed by atoms with Gasteiger partial charge >= 0.3 is 0 Å². The fourth-order valence-electron chi connectivity index (χ4n) is 3.19. The molecule has 0 saturated carbocycles. The zero-order chi connectivity index (χ0) is 20.6. The lowest BCUT2D eigenvalue weighted by Gasteiger charge is -2.34. The van der Waals surface area contributed by atoms with Crippen LogP contribution in [0, 0.1) is 5.82 Å². The van der Waals surface area contributed by atoms with Crippen molar-refractivity contribution < 1.29 is 14.0 Å². The molecule has 0 radical (unpaired) electrons. The van der Waals surface area contributed by atoms with Gasteiger partial charge in [0.25, 0.3) is 0 Å². The van der Waals surface area contributed by atoms with E-state index in [4.69, 9.17) is 11.6 Å². The number of anilines is 2. The Morgan fingerprint density at radius 3 is 2.21 bits per heavy atom. The van der Waals surface area contributed by atoms with Crippen LogP contribution < -0.4 is 10.6 Å². The lowest BCUT2D eigenvalue weighted by Crippen LogP contribution is -2.49. The normalized spacial score (nSPS) is 15.1. The molecule has 29 heavy (non-hydrogen) atoms. The van der Waals surface area contributed by atoms with Gasteiger partial charge in [0.1, 0.15) is 5.82 Å². The van der Waals surface area contributed by atoms with Crippen molar-refractivity contribution in [3.05, 3.63) is 59.4 Å². The highest BCUT2D eigenvalue weighted by atomic mass is 35.5. The summed E-state index contributed by atoms with van der Waals surface area (Å²) in [6, 6.07) is 12.9. The molecule has 0 bridgehead atoms. The Morgan fingerprint density at radius 2 is 1.52 bits per heavy atom. The van der Waals surface area contributed by atoms with E-state index in [0.717, 1.165) is 26.2 Å². The van der Waals surface area contributed by atoms with Crippen LogP contribution in [0.1, 0.15) is 6.42 Å². The maximum atomic E-state index is 13.2. The first kappa shape index (κ1) is 21.2. The van der Waals surface area contributed by atoms with Crippen LogP contribution in [-0.2, 0) is 9.59 Å². The second-order valence-electron chi connectivity index (χ2n) is 6.98. The van der Waals surface area contributed by atoms with E-state index in [9.17, 15) is 14.0 Å². The molecule has 1 fully saturated rings. The van der Waals surface area contributed by atoms with E-state index in [1.54, 1.807) is 36.4 Å². The predicted molar refractivity (Wildman–Crippen MR) is 113 cm³/mol. The summed E-state index contributed by atoms with van der Waals surface area (Å²) < 4.78 is 13.2. The van der Waals surface area contributed by atoms with E-state index in [2.05, 4.69) is 20.4 Å². The third-order valence-electron chi connectivity index (χ3n) is 4.70. The highest BCUT2D eigenvalue weighted by Crippen LogP contribution is 2.15. The molecule has 6 nitrogen and oxygen atoms in total. The maximum absolute atomic E-state index is 13.2. The monoisotopic (exact) mass is 418 g/mol. The molecule has 3 rings (SSSR count). The van der Waals surface area contributed by atoms with Crippen LogP contribution in [0.25, 0.3) is 0 Å². The molecule has 2 aromatic carbocycles. The Kier molecular flexibility index (Phi) is 7.57. The number of rotatable bonds is 7. The lowest BCUT2D eigenvalue weighted by molar-refractivity contribution is -0.117. The summed E-state index contributed by atoms with van der Waals surface area (Å²) in [4.78, 5) is 28.5. The summed E-state index contributed by atoms with van der Waals surface area (Å²) in [5, 5.41) is 6.14. The number of hydrogen-bond donors (Lipinski definition) is 2. The Bertz CT molecular complexity index is 856. The summed E-state index contributed by atoms with van der Waals surface area (Å²) in [7, 11) is 0. The quantitative estimate of drug-likeness (QED) is 0.725. The van der Waals surface area contributed by atoms with Crippen molar-refractivity contribution in [1.29, 1.82) is 0 Å². The van der Waals surface area contributed by atoms with Gasteiger partial charge in [0, 0.05) is 55.5 Å². The molecule has 0 unspecified atom stereocenters. The second kappa shape index (κ2) is 10.3. The van der Waals surface area contributed by atoms with Gasteiger partial charge in [0.2, 0.25) is 11.8 Å². The molecule has 2 amide bonds. The largest absolute Gasteiger partial charge is 0.326 e. The molecule has 2 N–H and O–H groups in total. The lowest BCUT2D eigenvalue weighted by atomic mass is 10.2. The number of hydrogen-bond acceptors (Lipinski definition) is 4. The standard InChI is InChI=1S/C21H24ClFN4O2/c22-16-3-1-5-18(13-16)24-20(28)7-8-26-9-11-27(12-10-26)15-21(29)25-19-6-2-4-17(23)14-19/h1-6,13-14H,7-12,15H2,(H,24,28)(H,25,29). The molecule has 0 spiro atoms. The number of amides is 2. The molecule has 0 aliphatic carbocycles. The van der Waals surface area contributed by atoms with Gasteiger partial charge < -0.3 is 15.5 Å². The van der Waals surface area contributed by atoms with Gasteiger partial charge in [-0.15, -0.1) is 0 Å². The molecule has 1 aliphatic rings. The predicted octanol–water partition coefficient (Wildman–Crippen LogP) is 3.06. The van der Waals surface area contributed by atoms with Crippen LogP contribution in [0.4, 0.5) is 15.8 Å². The number of carbonyl (C=O) groups excluding carboxylic acids is 2. The van der Waals surface area contributed by atoms with Crippen molar-refractivity contribution >= 4 is 34.8 Å². The number of nitrogens with zero attached hydrogens (tertiary/aromatic N) is 2. The number of benzene rings is 2. The van der Waals surface area contributed by atoms with Crippen molar-refractivity contribution in [2.45, 2.75) is 6.42 Å². The van der Waals surface area contributed by atoms with Gasteiger partial charge in [0.15, 0.2) is 0 Å². The third-order valence-corrected chi connectivity index (χ3v) is 4.94. The highest BCUT2D eigenvalue weighted by Gasteiger charge is 2.19. The number of nitrogens with one attached hydrogen (secondary N) is 2. The van der Waals surface area contributed by atoms with Crippen LogP contribution in [0.3, 0.4) is 0 Å². The zero-order valence-electron chi connectivity index (χ0n) is 16.0. The topological polar surface area (TPSA) is 64.7 Å². The molecule has 0 atom stereocenters. The molecule has 1 saturated heterocycles. The SMILES string of the molecule is O=C(CCN1CCN(CC(=O)Nc2cccc(F)c2)CC1)Nc1cccc(Cl)c1. The fourth-order valence-corrected chi connectivity index (χ4v) is 3.38. The molecule has 154 valence electrons. The van der Waals surface area contributed by atoms with Crippen molar-refractivity contribution in [2.24, 2.45) is 0 Å². The summed E-state index contributed by atoms with van der Waals surface area (Å²) in [5.74, 6) is -0.593. The molecule has 1 aliphatic heterocycles. The average Bonchev–Trinajstić information content (AvgIpc) is 2.67. The van der Waals surface area contributed by atoms with Gasteiger partial charge in [-0.2, -0.15) is 0 Å². The van der Waals surface area contributed by atoms with Crippen LogP contribution in [0.5, 0.6) is 0 Å². The van der Waals surface area contributed by atoms with Crippen molar-refractivity contribution in [2.75, 3.05) is 49.9 Å². The summed E-state index contributed by atoms with van der Waals surface area (Å²) in [6.07, 6.45) is 0.395. The summed E-state index contributed by atoms with van der Waals surface area (Å²) in [6.45, 7) is 3.99. The highest BCUT2D eigenvalue weighted by molar-refractivity contribution is 6.30. The van der Waals surface area contributed by atoms with Crippen molar-refractivity contribution in [1.82, 2.24) is 9.80 Å². The minimum Gasteiger partial charge on any atom is -0.326 e. The number of halogens is 2. The third kappa shape index (κ3) is 7.12. The molecular weight excluding hydrogens is 395 g/mol. The van der Waals surface area contributed by atoms with Crippen LogP contribution in [-0.4, -0.2) is 60.9 Å². The molecular formula is C21H24ClFN4O2. The van der Waals surface area contributed by atoms with Gasteiger partial charge in [-0.25, -0.2) is 4.39 Å². The number of piperazine rings is 1. The minimum atomic E-state index is -0.379. The molecule has 0 aromatic heterocycles. The van der Waals surface area contributed by atoms with Crippen molar-refractivity contribution in [3.8, 4) is 0 Å². The van der Waals surface area contributed by atoms with E-state index in [1.165, 1.54) is 12.1 Å². The average molecular weight is 419 g/mol. The maximum Gasteiger partial charge on any atom is 0.238 e. The molecule has 8 heteroatoms. The van der Waals surface area contributed by atoms with Gasteiger partial charge in [-0.3, -0.25) is 14.5 Å². The van der Waals surface area contributed by atoms with E-state index in [-0.39, 0.29) is 24.2 Å². The summed E-state index contributed by atoms with van der Waals surface area (Å²) >= 11 is 5.92. The Morgan fingerprint density at radius 1 is 0.897 bits per heavy atom. The fraction of sp³-hybridized carbons (Fsp3) is 0.333. The zero-order valence-corrected chi connectivity index (χ0v) is 16.8. The summed E-state index contributed by atoms with van der Waals surface area (Å²) in [5.41, 5.74) is 1.15. The van der Waals surface area contributed by atoms with Gasteiger partial charge in [-0.1, -0.05) is 23.7 Å². The van der Waals surface area contributed by atoms with Crippen LogP contribution in [0.2, 0.25) is 5.02 Å². The van der Waals surface area contributed by atoms with Crippen LogP contribution in [0.15, 0.2) is 48.5 Å². The second-order valence-corrected chi connectivity index (χ2v) is 7.42. The van der Waals surface area contributed by atoms with Crippen LogP contribution >= 0.6 is 11.6 Å². The first-order valence-corrected chi connectivity index (χ1v) is 9.91. The smallest absolute Gasteiger partial charge is 0.238 e. The molecule has 1 heterocycles. The van der Waals surface area contributed by atoms with Crippen molar-refractivity contribution in [3.63, 3.8) is 0 Å². The van der Waals surface area contributed by atoms with E-state index < -0.39 is 0 Å². The first-order valence-electron chi connectivity index (χ1n) is 9.53. The van der Waals surface area contributed by atoms with E-state index >= 15 is 0 Å². The first-order chi connectivity index (χ1) is 14.0. The van der Waals surface area contributed by atoms with E-state index in [0.29, 0.717) is 29.4 Å². The Labute approximate surface area is 174 Å².